The molecule has 0 aromatic rings. The molecule has 0 N–H and O–H groups in total. The second-order valence-corrected chi connectivity index (χ2v) is 7.01. The van der Waals surface area contributed by atoms with Crippen molar-refractivity contribution < 1.29 is 18.6 Å². The van der Waals surface area contributed by atoms with Gasteiger partial charge in [0, 0.05) is 0 Å². The molecule has 1 rings (SSSR count). The Labute approximate surface area is 63.1 Å². The van der Waals surface area contributed by atoms with Gasteiger partial charge in [0.05, 0.1) is 0 Å². The van der Waals surface area contributed by atoms with Crippen LogP contribution in [0.3, 0.4) is 0 Å². The van der Waals surface area contributed by atoms with Crippen molar-refractivity contribution >= 4 is 11.6 Å². The van der Waals surface area contributed by atoms with E-state index in [-0.39, 0.29) is 18.6 Å². The van der Waals surface area contributed by atoms with Gasteiger partial charge < -0.3 is 0 Å². The summed E-state index contributed by atoms with van der Waals surface area (Å²) in [7, 11) is 0. The summed E-state index contributed by atoms with van der Waals surface area (Å²) in [6.07, 6.45) is 7.73. The molecule has 0 unspecified atom stereocenters. The van der Waals surface area contributed by atoms with Gasteiger partial charge in [-0.2, -0.15) is 0 Å². The van der Waals surface area contributed by atoms with Gasteiger partial charge in [0.15, 0.2) is 0 Å². The van der Waals surface area contributed by atoms with Crippen molar-refractivity contribution in [3.63, 3.8) is 0 Å². The molecular weight excluding hydrogens is 291 g/mol. The summed E-state index contributed by atoms with van der Waals surface area (Å²) in [5.74, 6) is 0. The molecule has 0 saturated carbocycles. The van der Waals surface area contributed by atoms with Gasteiger partial charge in [-0.25, -0.2) is 0 Å². The van der Waals surface area contributed by atoms with E-state index in [2.05, 4.69) is 18.2 Å². The van der Waals surface area contributed by atoms with E-state index in [0.717, 1.165) is 4.27 Å². The first-order valence-electron chi connectivity index (χ1n) is 2.48. The third-order valence-electron chi connectivity index (χ3n) is 0.977. The van der Waals surface area contributed by atoms with Crippen LogP contribution < -0.4 is 0 Å². The topological polar surface area (TPSA) is 0 Å². The third-order valence-corrected chi connectivity index (χ3v) is 4.68. The first-order chi connectivity index (χ1) is 3.93. The van der Waals surface area contributed by atoms with Crippen LogP contribution in [-0.4, -0.2) is 4.27 Å². The van der Waals surface area contributed by atoms with E-state index in [1.54, 1.807) is 3.96 Å². The minimum absolute atomic E-state index is 0.255. The molecule has 0 bridgehead atoms. The Morgan fingerprint density at radius 3 is 3.12 bits per heavy atom. The summed E-state index contributed by atoms with van der Waals surface area (Å²) in [6.45, 7) is 0. The van der Waals surface area contributed by atoms with E-state index in [0.29, 0.717) is 0 Å². The van der Waals surface area contributed by atoms with Crippen LogP contribution >= 0.6 is 11.6 Å². The van der Waals surface area contributed by atoms with Crippen molar-refractivity contribution in [2.75, 3.05) is 4.27 Å². The van der Waals surface area contributed by atoms with E-state index in [1.165, 1.54) is 6.42 Å². The normalized spacial score (nSPS) is 16.9. The fourth-order valence-corrected chi connectivity index (χ4v) is 3.65. The maximum absolute atomic E-state index is 5.59. The number of halogens is 1. The Morgan fingerprint density at radius 1 is 1.75 bits per heavy atom. The zero-order valence-electron chi connectivity index (χ0n) is 4.43. The first kappa shape index (κ1) is 6.58. The van der Waals surface area contributed by atoms with Gasteiger partial charge in [-0.15, -0.1) is 0 Å². The van der Waals surface area contributed by atoms with Gasteiger partial charge in [0.25, 0.3) is 0 Å². The number of rotatable bonds is 2. The average Bonchev–Trinajstić information content (AvgIpc) is 2.19. The van der Waals surface area contributed by atoms with Crippen LogP contribution in [0.25, 0.3) is 0 Å². The molecule has 0 heterocycles. The van der Waals surface area contributed by atoms with Crippen LogP contribution in [0.4, 0.5) is 0 Å². The van der Waals surface area contributed by atoms with Crippen LogP contribution in [0, 0.1) is 0 Å². The zero-order chi connectivity index (χ0) is 5.82. The molecule has 0 saturated heterocycles. The Balaban J connectivity index is 2.28. The van der Waals surface area contributed by atoms with Gasteiger partial charge in [0.2, 0.25) is 0 Å². The van der Waals surface area contributed by atoms with E-state index >= 15 is 0 Å². The molecule has 0 amide bonds. The van der Waals surface area contributed by atoms with Crippen molar-refractivity contribution in [3.05, 3.63) is 22.2 Å². The van der Waals surface area contributed by atoms with Gasteiger partial charge >= 0.3 is 63.0 Å². The van der Waals surface area contributed by atoms with E-state index < -0.39 is 0 Å². The zero-order valence-corrected chi connectivity index (χ0v) is 8.12. The third kappa shape index (κ3) is 1.76. The number of alkyl halides is 1. The maximum atomic E-state index is 5.59. The van der Waals surface area contributed by atoms with E-state index in [4.69, 9.17) is 11.6 Å². The summed E-state index contributed by atoms with van der Waals surface area (Å²) in [4.78, 5) is 0. The van der Waals surface area contributed by atoms with Crippen molar-refractivity contribution in [1.82, 2.24) is 0 Å². The average molecular weight is 298 g/mol. The molecule has 1 aliphatic carbocycles. The number of hydrogen-bond acceptors (Lipinski definition) is 0. The SMILES string of the molecule is Cl[CH2][W][C]1=CC=CC1. The van der Waals surface area contributed by atoms with Crippen molar-refractivity contribution in [2.45, 2.75) is 6.42 Å². The molecule has 0 spiro atoms. The molecule has 0 aromatic heterocycles. The first-order valence-corrected chi connectivity index (χ1v) is 6.55. The van der Waals surface area contributed by atoms with E-state index in [9.17, 15) is 0 Å². The van der Waals surface area contributed by atoms with Gasteiger partial charge in [-0.1, -0.05) is 0 Å². The Morgan fingerprint density at radius 2 is 2.62 bits per heavy atom. The second-order valence-electron chi connectivity index (χ2n) is 1.52. The molecule has 0 radical (unpaired) electrons. The van der Waals surface area contributed by atoms with Crippen molar-refractivity contribution in [1.29, 1.82) is 0 Å². The van der Waals surface area contributed by atoms with Gasteiger partial charge in [-0.05, 0) is 0 Å². The van der Waals surface area contributed by atoms with Gasteiger partial charge in [0.1, 0.15) is 0 Å². The molecule has 2 heteroatoms. The summed E-state index contributed by atoms with van der Waals surface area (Å²) < 4.78 is 2.55. The Kier molecular flexibility index (Phi) is 2.86. The minimum atomic E-state index is -0.255. The standard InChI is InChI=1S/C5H5.CH2Cl.W/c1-2-4-5-3-1;1-2;/h1-3H,4H2;1H2;. The molecule has 8 heavy (non-hydrogen) atoms. The fraction of sp³-hybridized carbons (Fsp3) is 0.333. The Bertz CT molecular complexity index is 126. The van der Waals surface area contributed by atoms with Gasteiger partial charge in [-0.3, -0.25) is 0 Å². The molecule has 0 atom stereocenters. The van der Waals surface area contributed by atoms with Crippen molar-refractivity contribution in [3.8, 4) is 0 Å². The molecule has 1 aliphatic rings. The summed E-state index contributed by atoms with van der Waals surface area (Å²) >= 11 is 5.33. The molecule has 44 valence electrons. The predicted octanol–water partition coefficient (Wildman–Crippen LogP) is 2.11. The summed E-state index contributed by atoms with van der Waals surface area (Å²) in [6, 6.07) is 0. The summed E-state index contributed by atoms with van der Waals surface area (Å²) in [5, 5.41) is 0. The van der Waals surface area contributed by atoms with Crippen LogP contribution in [0.2, 0.25) is 0 Å². The Hall–Kier alpha value is 0.458. The second kappa shape index (κ2) is 3.48. The van der Waals surface area contributed by atoms with Crippen LogP contribution in [0.15, 0.2) is 22.2 Å². The number of hydrogen-bond donors (Lipinski definition) is 0. The monoisotopic (exact) mass is 298 g/mol. The molecule has 0 nitrogen and oxygen atoms in total. The molecule has 0 fully saturated rings. The molecule has 0 aromatic carbocycles. The van der Waals surface area contributed by atoms with E-state index in [1.807, 2.05) is 0 Å². The molecular formula is C6H7ClW. The van der Waals surface area contributed by atoms with Crippen LogP contribution in [0.1, 0.15) is 6.42 Å². The number of allylic oxidation sites excluding steroid dienone is 4. The van der Waals surface area contributed by atoms with Crippen LogP contribution in [-0.2, 0) is 18.6 Å². The van der Waals surface area contributed by atoms with Crippen LogP contribution in [0.5, 0.6) is 0 Å². The van der Waals surface area contributed by atoms with Crippen molar-refractivity contribution in [2.24, 2.45) is 0 Å². The molecule has 0 aliphatic heterocycles. The summed E-state index contributed by atoms with van der Waals surface area (Å²) in [5.41, 5.74) is 0. The quantitative estimate of drug-likeness (QED) is 0.685. The fourth-order valence-electron chi connectivity index (χ4n) is 0.605. The predicted molar refractivity (Wildman–Crippen MR) is 32.6 cm³/mol.